The van der Waals surface area contributed by atoms with Crippen molar-refractivity contribution in [3.05, 3.63) is 82.8 Å². The van der Waals surface area contributed by atoms with Crippen LogP contribution < -0.4 is 10.1 Å². The average Bonchev–Trinajstić information content (AvgIpc) is 3.75. The summed E-state index contributed by atoms with van der Waals surface area (Å²) in [7, 11) is 1.48. The van der Waals surface area contributed by atoms with E-state index >= 15 is 13.2 Å². The first-order chi connectivity index (χ1) is 23.5. The van der Waals surface area contributed by atoms with Gasteiger partial charge in [-0.1, -0.05) is 6.58 Å². The summed E-state index contributed by atoms with van der Waals surface area (Å²) in [6.07, 6.45) is 4.30. The van der Waals surface area contributed by atoms with Gasteiger partial charge in [0.2, 0.25) is 5.91 Å². The number of methoxy groups -OCH3 is 1. The summed E-state index contributed by atoms with van der Waals surface area (Å²) >= 11 is 0. The number of nitrogens with zero attached hydrogens (tertiary/aromatic N) is 4. The molecular weight excluding hydrogens is 644 g/mol. The lowest BCUT2D eigenvalue weighted by atomic mass is 9.90. The number of nitrogens with one attached hydrogen (secondary N) is 2. The van der Waals surface area contributed by atoms with Gasteiger partial charge in [0.05, 0.1) is 48.4 Å². The van der Waals surface area contributed by atoms with Crippen molar-refractivity contribution in [2.75, 3.05) is 40.0 Å². The molecule has 1 amide bonds. The standard InChI is InChI=1S/C35H36F4N6O4/c1-4-29(47)41-19(2)26-15-27(44-43-26)33-30(31-25(37)13-22(36)14-28(31)49-11-10-48-3)23-6-5-7-24(23)32(42-33)20-12-21-17-45(8-9-46)18-35(38,39)34(21)40-16-20/h4,12-16,19,46H,1,5-11,17-18H2,2-3H3,(H,41,47)(H,43,44). The van der Waals surface area contributed by atoms with Crippen molar-refractivity contribution < 1.29 is 36.9 Å². The highest BCUT2D eigenvalue weighted by Crippen LogP contribution is 2.47. The molecule has 4 aromatic rings. The largest absolute Gasteiger partial charge is 0.490 e. The molecule has 0 spiro atoms. The molecule has 1 aliphatic heterocycles. The van der Waals surface area contributed by atoms with Crippen LogP contribution in [0.3, 0.4) is 0 Å². The Morgan fingerprint density at radius 1 is 1.16 bits per heavy atom. The second kappa shape index (κ2) is 14.1. The highest BCUT2D eigenvalue weighted by molar-refractivity contribution is 5.90. The molecule has 4 heterocycles. The summed E-state index contributed by atoms with van der Waals surface area (Å²) in [5, 5.41) is 19.6. The number of alkyl halides is 2. The zero-order chi connectivity index (χ0) is 34.9. The third-order valence-electron chi connectivity index (χ3n) is 8.75. The van der Waals surface area contributed by atoms with Crippen molar-refractivity contribution >= 4 is 5.91 Å². The number of carbonyl (C=O) groups is 1. The maximum Gasteiger partial charge on any atom is 0.302 e. The number of rotatable bonds is 12. The molecule has 0 saturated carbocycles. The number of H-pyrrole nitrogens is 1. The van der Waals surface area contributed by atoms with E-state index in [0.717, 1.165) is 29.3 Å². The first-order valence-corrected chi connectivity index (χ1v) is 15.9. The van der Waals surface area contributed by atoms with Gasteiger partial charge in [0, 0.05) is 49.7 Å². The molecule has 3 aromatic heterocycles. The Morgan fingerprint density at radius 2 is 1.96 bits per heavy atom. The molecule has 6 rings (SSSR count). The molecular formula is C35H36F4N6O4. The average molecular weight is 681 g/mol. The van der Waals surface area contributed by atoms with Crippen molar-refractivity contribution in [2.45, 2.75) is 44.7 Å². The predicted molar refractivity (Wildman–Crippen MR) is 173 cm³/mol. The summed E-state index contributed by atoms with van der Waals surface area (Å²) in [4.78, 5) is 22.7. The molecule has 0 radical (unpaired) electrons. The molecule has 14 heteroatoms. The number of fused-ring (bicyclic) bond motifs is 2. The number of aromatic nitrogens is 4. The van der Waals surface area contributed by atoms with E-state index in [-0.39, 0.29) is 55.6 Å². The minimum atomic E-state index is -3.21. The van der Waals surface area contributed by atoms with Crippen LogP contribution in [0, 0.1) is 11.6 Å². The number of hydrogen-bond acceptors (Lipinski definition) is 8. The summed E-state index contributed by atoms with van der Waals surface area (Å²) in [5.74, 6) is -5.33. The Bertz CT molecular complexity index is 1900. The maximum absolute atomic E-state index is 16.0. The fraction of sp³-hybridized carbons (Fsp3) is 0.371. The van der Waals surface area contributed by atoms with Gasteiger partial charge in [-0.3, -0.25) is 19.8 Å². The molecule has 49 heavy (non-hydrogen) atoms. The van der Waals surface area contributed by atoms with Crippen LogP contribution in [-0.4, -0.2) is 76.1 Å². The van der Waals surface area contributed by atoms with Crippen molar-refractivity contribution in [1.82, 2.24) is 30.4 Å². The van der Waals surface area contributed by atoms with Crippen molar-refractivity contribution in [2.24, 2.45) is 0 Å². The Morgan fingerprint density at radius 3 is 2.71 bits per heavy atom. The molecule has 10 nitrogen and oxygen atoms in total. The lowest BCUT2D eigenvalue weighted by Crippen LogP contribution is -2.42. The minimum Gasteiger partial charge on any atom is -0.490 e. The molecule has 3 N–H and O–H groups in total. The number of halogens is 4. The van der Waals surface area contributed by atoms with Crippen molar-refractivity contribution in [3.63, 3.8) is 0 Å². The van der Waals surface area contributed by atoms with Crippen LogP contribution in [-0.2, 0) is 34.8 Å². The van der Waals surface area contributed by atoms with Gasteiger partial charge in [-0.2, -0.15) is 13.9 Å². The van der Waals surface area contributed by atoms with Gasteiger partial charge in [-0.15, -0.1) is 0 Å². The second-order valence-corrected chi connectivity index (χ2v) is 12.1. The third kappa shape index (κ3) is 6.80. The van der Waals surface area contributed by atoms with Crippen LogP contribution in [0.4, 0.5) is 17.6 Å². The topological polar surface area (TPSA) is 125 Å². The van der Waals surface area contributed by atoms with Gasteiger partial charge < -0.3 is 19.9 Å². The van der Waals surface area contributed by atoms with E-state index in [4.69, 9.17) is 14.5 Å². The normalized spacial score (nSPS) is 15.8. The molecule has 1 atom stereocenters. The van der Waals surface area contributed by atoms with Crippen molar-refractivity contribution in [1.29, 1.82) is 0 Å². The number of aromatic amines is 1. The van der Waals surface area contributed by atoms with E-state index in [1.165, 1.54) is 18.2 Å². The monoisotopic (exact) mass is 680 g/mol. The van der Waals surface area contributed by atoms with Crippen molar-refractivity contribution in [3.8, 4) is 39.5 Å². The van der Waals surface area contributed by atoms with Crippen LogP contribution in [0.1, 0.15) is 47.5 Å². The predicted octanol–water partition coefficient (Wildman–Crippen LogP) is 5.26. The van der Waals surface area contributed by atoms with Gasteiger partial charge in [0.25, 0.3) is 0 Å². The highest BCUT2D eigenvalue weighted by Gasteiger charge is 2.42. The molecule has 1 aromatic carbocycles. The number of amides is 1. The first kappa shape index (κ1) is 34.2. The van der Waals surface area contributed by atoms with Gasteiger partial charge in [-0.25, -0.2) is 13.8 Å². The molecule has 0 saturated heterocycles. The fourth-order valence-electron chi connectivity index (χ4n) is 6.57. The molecule has 1 aliphatic carbocycles. The van der Waals surface area contributed by atoms with Crippen LogP contribution in [0.15, 0.2) is 43.1 Å². The summed E-state index contributed by atoms with van der Waals surface area (Å²) in [5.41, 5.74) is 3.93. The number of hydrogen-bond donors (Lipinski definition) is 3. The Balaban J connectivity index is 1.57. The van der Waals surface area contributed by atoms with Crippen LogP contribution >= 0.6 is 0 Å². The van der Waals surface area contributed by atoms with E-state index < -0.39 is 36.1 Å². The van der Waals surface area contributed by atoms with E-state index in [1.54, 1.807) is 19.1 Å². The lowest BCUT2D eigenvalue weighted by molar-refractivity contribution is -0.117. The van der Waals surface area contributed by atoms with Crippen LogP contribution in [0.5, 0.6) is 5.75 Å². The smallest absolute Gasteiger partial charge is 0.302 e. The van der Waals surface area contributed by atoms with E-state index in [1.807, 2.05) is 0 Å². The number of benzene rings is 1. The van der Waals surface area contributed by atoms with E-state index in [2.05, 4.69) is 27.1 Å². The Labute approximate surface area is 280 Å². The highest BCUT2D eigenvalue weighted by atomic mass is 19.3. The Hall–Kier alpha value is -4.66. The summed E-state index contributed by atoms with van der Waals surface area (Å²) in [6.45, 7) is 4.87. The number of ether oxygens (including phenoxy) is 2. The zero-order valence-electron chi connectivity index (χ0n) is 27.1. The zero-order valence-corrected chi connectivity index (χ0v) is 27.1. The number of pyridine rings is 2. The molecule has 0 bridgehead atoms. The summed E-state index contributed by atoms with van der Waals surface area (Å²) in [6, 6.07) is 4.71. The fourth-order valence-corrected chi connectivity index (χ4v) is 6.57. The van der Waals surface area contributed by atoms with E-state index in [9.17, 15) is 14.3 Å². The summed E-state index contributed by atoms with van der Waals surface area (Å²) < 4.78 is 71.8. The molecule has 0 fully saturated rings. The van der Waals surface area contributed by atoms with Gasteiger partial charge in [0.1, 0.15) is 35.4 Å². The quantitative estimate of drug-likeness (QED) is 0.105. The van der Waals surface area contributed by atoms with Gasteiger partial charge >= 0.3 is 5.92 Å². The molecule has 258 valence electrons. The minimum absolute atomic E-state index is 0.00474. The number of aliphatic hydroxyl groups is 1. The van der Waals surface area contributed by atoms with E-state index in [0.29, 0.717) is 53.0 Å². The maximum atomic E-state index is 16.0. The Kier molecular flexibility index (Phi) is 9.82. The van der Waals surface area contributed by atoms with Crippen LogP contribution in [0.2, 0.25) is 0 Å². The number of carbonyl (C=O) groups excluding carboxylic acids is 1. The third-order valence-corrected chi connectivity index (χ3v) is 8.75. The van der Waals surface area contributed by atoms with Crippen LogP contribution in [0.25, 0.3) is 33.8 Å². The first-order valence-electron chi connectivity index (χ1n) is 15.9. The lowest BCUT2D eigenvalue weighted by Gasteiger charge is -2.33. The molecule has 1 unspecified atom stereocenters. The number of β-amino-alcohol motifs (C(OH)–C–C–N with tert-alkyl or cyclic N) is 1. The second-order valence-electron chi connectivity index (χ2n) is 12.1. The molecule has 2 aliphatic rings. The number of aliphatic hydroxyl groups excluding tert-OH is 1. The van der Waals surface area contributed by atoms with Gasteiger partial charge in [-0.05, 0) is 61.1 Å². The van der Waals surface area contributed by atoms with Gasteiger partial charge in [0.15, 0.2) is 0 Å². The SMILES string of the molecule is C=CC(=O)NC(C)c1cc(-c2nc(-c3cnc4c(c3)CN(CCO)CC4(F)F)c3c(c2-c2c(F)cc(F)cc2OCCOC)CCC3)n[nH]1.